The van der Waals surface area contributed by atoms with E-state index in [0.29, 0.717) is 11.4 Å². The van der Waals surface area contributed by atoms with E-state index in [1.165, 1.54) is 4.90 Å². The average molecular weight is 564 g/mol. The molecule has 0 saturated heterocycles. The van der Waals surface area contributed by atoms with Crippen LogP contribution >= 0.6 is 15.9 Å². The minimum Gasteiger partial charge on any atom is -0.301 e. The Labute approximate surface area is 227 Å². The van der Waals surface area contributed by atoms with Crippen molar-refractivity contribution in [3.63, 3.8) is 0 Å². The molecule has 0 unspecified atom stereocenters. The second-order valence-electron chi connectivity index (χ2n) is 8.87. The second kappa shape index (κ2) is 10.1. The zero-order valence-corrected chi connectivity index (χ0v) is 21.8. The van der Waals surface area contributed by atoms with Crippen LogP contribution in [0.15, 0.2) is 107 Å². The van der Waals surface area contributed by atoms with Gasteiger partial charge in [-0.3, -0.25) is 25.4 Å². The molecule has 2 heterocycles. The minimum atomic E-state index is -0.361. The first-order chi connectivity index (χ1) is 18.6. The van der Waals surface area contributed by atoms with Crippen molar-refractivity contribution in [2.75, 3.05) is 23.4 Å². The van der Waals surface area contributed by atoms with Crippen molar-refractivity contribution in [3.8, 4) is 0 Å². The number of nitrogens with zero attached hydrogens (tertiary/aromatic N) is 3. The van der Waals surface area contributed by atoms with Crippen LogP contribution in [-0.4, -0.2) is 35.6 Å². The summed E-state index contributed by atoms with van der Waals surface area (Å²) in [4.78, 5) is 37.2. The Kier molecular flexibility index (Phi) is 6.31. The Morgan fingerprint density at radius 2 is 1.53 bits per heavy atom. The van der Waals surface area contributed by atoms with Crippen molar-refractivity contribution < 1.29 is 9.59 Å². The van der Waals surface area contributed by atoms with E-state index >= 15 is 0 Å². The number of carbonyl (C=O) groups is 2. The summed E-state index contributed by atoms with van der Waals surface area (Å²) in [5, 5.41) is 1.77. The van der Waals surface area contributed by atoms with Crippen molar-refractivity contribution >= 4 is 66.6 Å². The van der Waals surface area contributed by atoms with Crippen LogP contribution < -0.4 is 15.8 Å². The summed E-state index contributed by atoms with van der Waals surface area (Å²) >= 11 is 3.54. The number of benzodiazepines with no additional fused rings is 1. The van der Waals surface area contributed by atoms with E-state index in [0.717, 1.165) is 43.1 Å². The van der Waals surface area contributed by atoms with Gasteiger partial charge in [0.25, 0.3) is 5.91 Å². The number of hydrogen-bond donors (Lipinski definition) is 2. The zero-order valence-electron chi connectivity index (χ0n) is 20.2. The molecule has 38 heavy (non-hydrogen) atoms. The Balaban J connectivity index is 1.30. The number of para-hydroxylation sites is 2. The van der Waals surface area contributed by atoms with Gasteiger partial charge in [-0.05, 0) is 30.3 Å². The molecular weight excluding hydrogens is 542 g/mol. The standard InChI is InChI=1S/C30H22BrN5O2/c31-20-14-15-26-23(16-20)29(19-8-2-1-3-9-19)32-17-28(38)36(26)18-27(37)34-35-30-21-10-4-6-12-24(21)33-25-13-7-5-11-22(25)30/h1-16H,17-18H2,(H,33,35)(H,34,37). The average Bonchev–Trinajstić information content (AvgIpc) is 3.07. The Bertz CT molecular complexity index is 1680. The molecule has 7 nitrogen and oxygen atoms in total. The zero-order chi connectivity index (χ0) is 26.1. The van der Waals surface area contributed by atoms with Gasteiger partial charge >= 0.3 is 0 Å². The quantitative estimate of drug-likeness (QED) is 0.219. The van der Waals surface area contributed by atoms with E-state index in [1.54, 1.807) is 0 Å². The van der Waals surface area contributed by atoms with Gasteiger partial charge in [0.15, 0.2) is 0 Å². The molecule has 0 spiro atoms. The summed E-state index contributed by atoms with van der Waals surface area (Å²) in [6, 6.07) is 30.9. The monoisotopic (exact) mass is 563 g/mol. The highest BCUT2D eigenvalue weighted by atomic mass is 79.9. The van der Waals surface area contributed by atoms with Gasteiger partial charge in [0.2, 0.25) is 5.91 Å². The first-order valence-corrected chi connectivity index (χ1v) is 12.9. The molecule has 0 fully saturated rings. The third-order valence-electron chi connectivity index (χ3n) is 6.44. The van der Waals surface area contributed by atoms with Gasteiger partial charge in [-0.25, -0.2) is 4.98 Å². The molecule has 186 valence electrons. The molecule has 1 aromatic heterocycles. The summed E-state index contributed by atoms with van der Waals surface area (Å²) in [5.74, 6) is -0.616. The minimum absolute atomic E-state index is 0.0587. The number of aromatic nitrogens is 1. The predicted octanol–water partition coefficient (Wildman–Crippen LogP) is 5.48. The Hall–Kier alpha value is -4.56. The normalized spacial score (nSPS) is 13.1. The smallest absolute Gasteiger partial charge is 0.258 e. The third kappa shape index (κ3) is 4.50. The van der Waals surface area contributed by atoms with E-state index in [9.17, 15) is 9.59 Å². The number of pyridine rings is 1. The first-order valence-electron chi connectivity index (χ1n) is 12.1. The topological polar surface area (TPSA) is 86.7 Å². The summed E-state index contributed by atoms with van der Waals surface area (Å²) in [5.41, 5.74) is 11.3. The molecule has 6 rings (SSSR count). The van der Waals surface area contributed by atoms with Crippen LogP contribution in [0.5, 0.6) is 0 Å². The van der Waals surface area contributed by atoms with Crippen LogP contribution in [0.4, 0.5) is 11.4 Å². The molecule has 1 aliphatic heterocycles. The number of amides is 2. The predicted molar refractivity (Wildman–Crippen MR) is 154 cm³/mol. The van der Waals surface area contributed by atoms with Crippen LogP contribution in [0.2, 0.25) is 0 Å². The van der Waals surface area contributed by atoms with E-state index in [4.69, 9.17) is 4.98 Å². The summed E-state index contributed by atoms with van der Waals surface area (Å²) in [7, 11) is 0. The molecule has 2 amide bonds. The van der Waals surface area contributed by atoms with Gasteiger partial charge in [0.1, 0.15) is 13.1 Å². The highest BCUT2D eigenvalue weighted by molar-refractivity contribution is 9.10. The number of halogens is 1. The van der Waals surface area contributed by atoms with Crippen molar-refractivity contribution in [2.24, 2.45) is 4.99 Å². The van der Waals surface area contributed by atoms with Gasteiger partial charge < -0.3 is 4.90 Å². The van der Waals surface area contributed by atoms with Gasteiger partial charge in [0, 0.05) is 26.4 Å². The number of nitrogens with one attached hydrogen (secondary N) is 2. The Morgan fingerprint density at radius 1 is 0.868 bits per heavy atom. The fourth-order valence-corrected chi connectivity index (χ4v) is 5.05. The summed E-state index contributed by atoms with van der Waals surface area (Å²) < 4.78 is 0.858. The second-order valence-corrected chi connectivity index (χ2v) is 9.78. The molecule has 5 aromatic rings. The van der Waals surface area contributed by atoms with E-state index in [2.05, 4.69) is 31.8 Å². The van der Waals surface area contributed by atoms with Crippen molar-refractivity contribution in [2.45, 2.75) is 0 Å². The van der Waals surface area contributed by atoms with E-state index in [1.807, 2.05) is 97.1 Å². The highest BCUT2D eigenvalue weighted by Gasteiger charge is 2.27. The van der Waals surface area contributed by atoms with Crippen molar-refractivity contribution in [1.82, 2.24) is 10.4 Å². The van der Waals surface area contributed by atoms with Gasteiger partial charge in [-0.2, -0.15) is 0 Å². The van der Waals surface area contributed by atoms with Crippen LogP contribution in [0, 0.1) is 0 Å². The summed E-state index contributed by atoms with van der Waals surface area (Å²) in [6.07, 6.45) is 0. The molecule has 0 aliphatic carbocycles. The maximum absolute atomic E-state index is 13.2. The van der Waals surface area contributed by atoms with Gasteiger partial charge in [0.05, 0.1) is 28.1 Å². The van der Waals surface area contributed by atoms with Crippen LogP contribution in [0.25, 0.3) is 21.8 Å². The van der Waals surface area contributed by atoms with Crippen LogP contribution in [0.3, 0.4) is 0 Å². The number of aliphatic imine (C=N–C) groups is 1. The SMILES string of the molecule is O=C(CN1C(=O)CN=C(c2ccccc2)c2cc(Br)ccc21)NNc1c2ccccc2nc2ccccc12. The molecule has 2 N–H and O–H groups in total. The van der Waals surface area contributed by atoms with Crippen molar-refractivity contribution in [1.29, 1.82) is 0 Å². The first kappa shape index (κ1) is 23.8. The van der Waals surface area contributed by atoms with Crippen molar-refractivity contribution in [3.05, 3.63) is 113 Å². The fourth-order valence-electron chi connectivity index (χ4n) is 4.69. The van der Waals surface area contributed by atoms with Gasteiger partial charge in [-0.15, -0.1) is 0 Å². The molecule has 0 atom stereocenters. The number of carbonyl (C=O) groups excluding carboxylic acids is 2. The lowest BCUT2D eigenvalue weighted by Crippen LogP contribution is -2.43. The number of anilines is 2. The third-order valence-corrected chi connectivity index (χ3v) is 6.93. The molecular formula is C30H22BrN5O2. The molecule has 0 radical (unpaired) electrons. The maximum Gasteiger partial charge on any atom is 0.258 e. The molecule has 1 aliphatic rings. The number of rotatable bonds is 5. The largest absolute Gasteiger partial charge is 0.301 e. The lowest BCUT2D eigenvalue weighted by molar-refractivity contribution is -0.122. The number of hydrogen-bond acceptors (Lipinski definition) is 5. The van der Waals surface area contributed by atoms with E-state index in [-0.39, 0.29) is 24.9 Å². The van der Waals surface area contributed by atoms with Crippen LogP contribution in [0.1, 0.15) is 11.1 Å². The molecule has 4 aromatic carbocycles. The highest BCUT2D eigenvalue weighted by Crippen LogP contribution is 2.31. The fraction of sp³-hybridized carbons (Fsp3) is 0.0667. The molecule has 8 heteroatoms. The Morgan fingerprint density at radius 3 is 2.24 bits per heavy atom. The molecule has 0 saturated carbocycles. The number of benzene rings is 4. The van der Waals surface area contributed by atoms with Gasteiger partial charge in [-0.1, -0.05) is 82.7 Å². The number of fused-ring (bicyclic) bond motifs is 3. The molecule has 0 bridgehead atoms. The summed E-state index contributed by atoms with van der Waals surface area (Å²) in [6.45, 7) is -0.226. The number of hydrazine groups is 1. The lowest BCUT2D eigenvalue weighted by atomic mass is 10.0. The van der Waals surface area contributed by atoms with Crippen LogP contribution in [-0.2, 0) is 9.59 Å². The lowest BCUT2D eigenvalue weighted by Gasteiger charge is -2.23. The van der Waals surface area contributed by atoms with E-state index < -0.39 is 0 Å². The maximum atomic E-state index is 13.2.